The molecule has 0 aliphatic carbocycles. The summed E-state index contributed by atoms with van der Waals surface area (Å²) in [5, 5.41) is 16.9. The standard InChI is InChI=1S/C20H20F2N4O2/c1-20(2,28)18-7-13(5-6-23-18)9-24-19(27)12-26-11-15(10-25-26)14-3-4-16(21)17(22)8-14/h3-8,10-11,28H,9,12H2,1-2H3,(H,24,27). The third-order valence-electron chi connectivity index (χ3n) is 4.13. The van der Waals surface area contributed by atoms with Crippen molar-refractivity contribution < 1.29 is 18.7 Å². The first-order valence-electron chi connectivity index (χ1n) is 8.65. The normalized spacial score (nSPS) is 11.5. The fourth-order valence-corrected chi connectivity index (χ4v) is 2.60. The molecule has 1 amide bonds. The molecule has 146 valence electrons. The van der Waals surface area contributed by atoms with E-state index < -0.39 is 17.2 Å². The molecule has 3 aromatic rings. The number of aliphatic hydroxyl groups is 1. The van der Waals surface area contributed by atoms with E-state index in [9.17, 15) is 18.7 Å². The molecule has 0 bridgehead atoms. The van der Waals surface area contributed by atoms with E-state index >= 15 is 0 Å². The Balaban J connectivity index is 1.60. The van der Waals surface area contributed by atoms with Gasteiger partial charge in [-0.15, -0.1) is 0 Å². The van der Waals surface area contributed by atoms with E-state index in [2.05, 4.69) is 15.4 Å². The molecule has 3 rings (SSSR count). The Kier molecular flexibility index (Phi) is 5.51. The average molecular weight is 386 g/mol. The van der Waals surface area contributed by atoms with Crippen molar-refractivity contribution in [1.29, 1.82) is 0 Å². The van der Waals surface area contributed by atoms with Crippen molar-refractivity contribution >= 4 is 5.91 Å². The van der Waals surface area contributed by atoms with Gasteiger partial charge in [0.25, 0.3) is 0 Å². The number of hydrogen-bond acceptors (Lipinski definition) is 4. The van der Waals surface area contributed by atoms with E-state index in [0.29, 0.717) is 16.8 Å². The van der Waals surface area contributed by atoms with Gasteiger partial charge in [0.2, 0.25) is 5.91 Å². The lowest BCUT2D eigenvalue weighted by molar-refractivity contribution is -0.122. The number of amides is 1. The lowest BCUT2D eigenvalue weighted by atomic mass is 10.0. The molecule has 2 heterocycles. The molecule has 0 saturated carbocycles. The van der Waals surface area contributed by atoms with Gasteiger partial charge in [-0.2, -0.15) is 5.10 Å². The Hall–Kier alpha value is -3.13. The summed E-state index contributed by atoms with van der Waals surface area (Å²) >= 11 is 0. The quantitative estimate of drug-likeness (QED) is 0.683. The number of rotatable bonds is 6. The number of aromatic nitrogens is 3. The number of hydrogen-bond donors (Lipinski definition) is 2. The maximum absolute atomic E-state index is 13.4. The van der Waals surface area contributed by atoms with Gasteiger partial charge in [-0.3, -0.25) is 14.5 Å². The van der Waals surface area contributed by atoms with E-state index in [-0.39, 0.29) is 19.0 Å². The minimum Gasteiger partial charge on any atom is -0.384 e. The Morgan fingerprint density at radius 1 is 1.18 bits per heavy atom. The summed E-state index contributed by atoms with van der Waals surface area (Å²) in [5.74, 6) is -2.12. The summed E-state index contributed by atoms with van der Waals surface area (Å²) in [6.45, 7) is 3.54. The fourth-order valence-electron chi connectivity index (χ4n) is 2.60. The van der Waals surface area contributed by atoms with Gasteiger partial charge in [-0.25, -0.2) is 8.78 Å². The lowest BCUT2D eigenvalue weighted by Gasteiger charge is -2.17. The number of carbonyl (C=O) groups excluding carboxylic acids is 1. The van der Waals surface area contributed by atoms with E-state index in [1.807, 2.05) is 0 Å². The molecular formula is C20H20F2N4O2. The topological polar surface area (TPSA) is 80.0 Å². The van der Waals surface area contributed by atoms with Gasteiger partial charge in [0.05, 0.1) is 11.9 Å². The highest BCUT2D eigenvalue weighted by Crippen LogP contribution is 2.21. The Morgan fingerprint density at radius 3 is 2.68 bits per heavy atom. The van der Waals surface area contributed by atoms with Gasteiger partial charge < -0.3 is 10.4 Å². The maximum atomic E-state index is 13.4. The van der Waals surface area contributed by atoms with Gasteiger partial charge in [-0.05, 0) is 49.2 Å². The molecule has 0 atom stereocenters. The Bertz CT molecular complexity index is 996. The lowest BCUT2D eigenvalue weighted by Crippen LogP contribution is -2.27. The fraction of sp³-hybridized carbons (Fsp3) is 0.250. The molecular weight excluding hydrogens is 366 g/mol. The third-order valence-corrected chi connectivity index (χ3v) is 4.13. The van der Waals surface area contributed by atoms with Gasteiger partial charge in [0.15, 0.2) is 11.6 Å². The number of pyridine rings is 1. The highest BCUT2D eigenvalue weighted by molar-refractivity contribution is 5.75. The molecule has 2 N–H and O–H groups in total. The number of benzene rings is 1. The first kappa shape index (κ1) is 19.6. The molecule has 0 unspecified atom stereocenters. The van der Waals surface area contributed by atoms with Crippen molar-refractivity contribution in [2.45, 2.75) is 32.5 Å². The van der Waals surface area contributed by atoms with Crippen molar-refractivity contribution in [2.24, 2.45) is 0 Å². The zero-order valence-electron chi connectivity index (χ0n) is 15.5. The highest BCUT2D eigenvalue weighted by Gasteiger charge is 2.17. The minimum absolute atomic E-state index is 0.0207. The number of halogens is 2. The summed E-state index contributed by atoms with van der Waals surface area (Å²) in [6.07, 6.45) is 4.65. The molecule has 28 heavy (non-hydrogen) atoms. The Morgan fingerprint density at radius 2 is 1.96 bits per heavy atom. The van der Waals surface area contributed by atoms with E-state index in [1.165, 1.54) is 16.9 Å². The predicted molar refractivity (Wildman–Crippen MR) is 98.9 cm³/mol. The Labute approximate surface area is 160 Å². The van der Waals surface area contributed by atoms with E-state index in [0.717, 1.165) is 17.7 Å². The zero-order valence-corrected chi connectivity index (χ0v) is 15.5. The van der Waals surface area contributed by atoms with Crippen LogP contribution >= 0.6 is 0 Å². The van der Waals surface area contributed by atoms with Crippen molar-refractivity contribution in [2.75, 3.05) is 0 Å². The number of nitrogens with one attached hydrogen (secondary N) is 1. The average Bonchev–Trinajstić information content (AvgIpc) is 3.10. The monoisotopic (exact) mass is 386 g/mol. The summed E-state index contributed by atoms with van der Waals surface area (Å²) in [4.78, 5) is 16.3. The smallest absolute Gasteiger partial charge is 0.241 e. The van der Waals surface area contributed by atoms with E-state index in [4.69, 9.17) is 0 Å². The molecule has 0 radical (unpaired) electrons. The van der Waals surface area contributed by atoms with Crippen LogP contribution in [0.4, 0.5) is 8.78 Å². The van der Waals surface area contributed by atoms with Crippen LogP contribution in [0.25, 0.3) is 11.1 Å². The van der Waals surface area contributed by atoms with Crippen LogP contribution in [0.3, 0.4) is 0 Å². The summed E-state index contributed by atoms with van der Waals surface area (Å²) in [5.41, 5.74) is 1.31. The van der Waals surface area contributed by atoms with Crippen molar-refractivity contribution in [3.63, 3.8) is 0 Å². The highest BCUT2D eigenvalue weighted by atomic mass is 19.2. The van der Waals surface area contributed by atoms with Gasteiger partial charge >= 0.3 is 0 Å². The molecule has 0 fully saturated rings. The van der Waals surface area contributed by atoms with Gasteiger partial charge in [-0.1, -0.05) is 6.07 Å². The van der Waals surface area contributed by atoms with E-state index in [1.54, 1.807) is 38.4 Å². The molecule has 6 nitrogen and oxygen atoms in total. The molecule has 0 spiro atoms. The van der Waals surface area contributed by atoms with Crippen LogP contribution in [0.5, 0.6) is 0 Å². The van der Waals surface area contributed by atoms with Crippen LogP contribution < -0.4 is 5.32 Å². The van der Waals surface area contributed by atoms with Crippen molar-refractivity contribution in [3.8, 4) is 11.1 Å². The summed E-state index contributed by atoms with van der Waals surface area (Å²) in [6, 6.07) is 7.06. The largest absolute Gasteiger partial charge is 0.384 e. The molecule has 1 aromatic carbocycles. The molecule has 0 aliphatic rings. The SMILES string of the molecule is CC(C)(O)c1cc(CNC(=O)Cn2cc(-c3ccc(F)c(F)c3)cn2)ccn1. The van der Waals surface area contributed by atoms with Crippen LogP contribution in [0.15, 0.2) is 48.9 Å². The second-order valence-corrected chi connectivity index (χ2v) is 6.94. The predicted octanol–water partition coefficient (Wildman–Crippen LogP) is 2.77. The summed E-state index contributed by atoms with van der Waals surface area (Å²) in [7, 11) is 0. The van der Waals surface area contributed by atoms with Gasteiger partial charge in [0, 0.05) is 24.5 Å². The van der Waals surface area contributed by atoms with Crippen LogP contribution in [0, 0.1) is 11.6 Å². The zero-order chi connectivity index (χ0) is 20.3. The maximum Gasteiger partial charge on any atom is 0.241 e. The van der Waals surface area contributed by atoms with Crippen LogP contribution in [0.1, 0.15) is 25.1 Å². The summed E-state index contributed by atoms with van der Waals surface area (Å²) < 4.78 is 27.8. The van der Waals surface area contributed by atoms with Crippen molar-refractivity contribution in [3.05, 3.63) is 71.8 Å². The second-order valence-electron chi connectivity index (χ2n) is 6.94. The van der Waals surface area contributed by atoms with Crippen LogP contribution in [0.2, 0.25) is 0 Å². The molecule has 2 aromatic heterocycles. The third kappa shape index (κ3) is 4.77. The molecule has 8 heteroatoms. The molecule has 0 saturated heterocycles. The minimum atomic E-state index is -1.06. The molecule has 0 aliphatic heterocycles. The van der Waals surface area contributed by atoms with Crippen LogP contribution in [-0.2, 0) is 23.5 Å². The van der Waals surface area contributed by atoms with Crippen LogP contribution in [-0.4, -0.2) is 25.8 Å². The number of carbonyl (C=O) groups is 1. The number of nitrogens with zero attached hydrogens (tertiary/aromatic N) is 3. The van der Waals surface area contributed by atoms with Gasteiger partial charge in [0.1, 0.15) is 12.1 Å². The second kappa shape index (κ2) is 7.85. The first-order chi connectivity index (χ1) is 13.2. The van der Waals surface area contributed by atoms with Crippen molar-refractivity contribution in [1.82, 2.24) is 20.1 Å². The first-order valence-corrected chi connectivity index (χ1v) is 8.65.